The van der Waals surface area contributed by atoms with E-state index in [1.54, 1.807) is 109 Å². The van der Waals surface area contributed by atoms with Crippen LogP contribution in [0.15, 0.2) is 164 Å². The summed E-state index contributed by atoms with van der Waals surface area (Å²) < 4.78 is 93.6. The number of hydrogen-bond acceptors (Lipinski definition) is 13. The van der Waals surface area contributed by atoms with Gasteiger partial charge < -0.3 is 42.6 Å². The summed E-state index contributed by atoms with van der Waals surface area (Å²) in [4.78, 5) is 0. The monoisotopic (exact) mass is 1030 g/mol. The number of ether oxygens (including phenoxy) is 9. The van der Waals surface area contributed by atoms with E-state index in [-0.39, 0.29) is 18.3 Å². The van der Waals surface area contributed by atoms with E-state index < -0.39 is 25.7 Å². The third-order valence-corrected chi connectivity index (χ3v) is 13.2. The van der Waals surface area contributed by atoms with Crippen LogP contribution in [0, 0.1) is 0 Å². The predicted molar refractivity (Wildman–Crippen MR) is 286 cm³/mol. The number of benzene rings is 6. The van der Waals surface area contributed by atoms with E-state index in [4.69, 9.17) is 56.2 Å². The SMILES string of the molecule is CCCCOC(C)c1ccc(OC(C)(Oc2ccccc2)OP(=O)(OC(C)(Oc2ccccc2)Oc2ccc(C(C)OCCCC)cc2)OC(C)(Oc2ccccc2)Oc2ccc(C(C)OCCCC)cc2)cc1. The molecule has 6 rings (SSSR count). The third kappa shape index (κ3) is 18.5. The lowest BCUT2D eigenvalue weighted by Crippen LogP contribution is -2.48. The highest BCUT2D eigenvalue weighted by molar-refractivity contribution is 7.48. The standard InChI is InChI=1S/C60H75O13P/c1-10-13-43-62-46(4)49-31-37-55(38-32-49)68-58(7,65-52-25-19-16-20-26-52)71-74(61,72-59(8,66-53-27-21-17-22-28-53)69-56-39-33-50(34-40-56)47(5)63-44-14-11-2)73-60(9,67-54-29-23-18-24-30-54)70-57-41-35-51(36-42-57)48(6)64-45-15-12-3/h16-42,46-48H,10-15,43-45H2,1-9H3. The predicted octanol–water partition coefficient (Wildman–Crippen LogP) is 16.3. The number of para-hydroxylation sites is 3. The van der Waals surface area contributed by atoms with Crippen molar-refractivity contribution in [3.8, 4) is 34.5 Å². The Labute approximate surface area is 438 Å². The molecule has 6 atom stereocenters. The molecule has 0 aromatic heterocycles. The highest BCUT2D eigenvalue weighted by atomic mass is 31.2. The van der Waals surface area contributed by atoms with Gasteiger partial charge in [-0.3, -0.25) is 0 Å². The summed E-state index contributed by atoms with van der Waals surface area (Å²) >= 11 is 0. The molecule has 14 heteroatoms. The van der Waals surface area contributed by atoms with Gasteiger partial charge in [0.25, 0.3) is 0 Å². The van der Waals surface area contributed by atoms with Gasteiger partial charge in [-0.2, -0.15) is 0 Å². The van der Waals surface area contributed by atoms with Crippen LogP contribution < -0.4 is 28.4 Å². The van der Waals surface area contributed by atoms with Crippen molar-refractivity contribution in [2.45, 2.75) is 137 Å². The van der Waals surface area contributed by atoms with Crippen LogP contribution in [-0.2, 0) is 32.3 Å². The fraction of sp³-hybridized carbons (Fsp3) is 0.400. The van der Waals surface area contributed by atoms with Gasteiger partial charge >= 0.3 is 25.7 Å². The molecule has 0 amide bonds. The molecule has 0 spiro atoms. The lowest BCUT2D eigenvalue weighted by atomic mass is 10.1. The van der Waals surface area contributed by atoms with Crippen LogP contribution in [0.2, 0.25) is 0 Å². The van der Waals surface area contributed by atoms with E-state index in [2.05, 4.69) is 20.8 Å². The van der Waals surface area contributed by atoms with Crippen LogP contribution in [0.25, 0.3) is 0 Å². The zero-order chi connectivity index (χ0) is 52.9. The second kappa shape index (κ2) is 28.1. The first-order chi connectivity index (χ1) is 35.6. The van der Waals surface area contributed by atoms with Crippen molar-refractivity contribution in [1.29, 1.82) is 0 Å². The number of unbranched alkanes of at least 4 members (excludes halogenated alkanes) is 3. The number of phosphoric acid groups is 1. The maximum absolute atomic E-state index is 16.4. The van der Waals surface area contributed by atoms with Crippen molar-refractivity contribution in [2.24, 2.45) is 0 Å². The molecule has 0 radical (unpaired) electrons. The fourth-order valence-electron chi connectivity index (χ4n) is 7.51. The Morgan fingerprint density at radius 3 is 0.784 bits per heavy atom. The van der Waals surface area contributed by atoms with E-state index in [0.29, 0.717) is 54.3 Å². The highest BCUT2D eigenvalue weighted by Gasteiger charge is 2.54. The molecular weight excluding hydrogens is 960 g/mol. The first-order valence-corrected chi connectivity index (χ1v) is 27.2. The molecule has 0 aliphatic carbocycles. The maximum Gasteiger partial charge on any atom is 0.492 e. The zero-order valence-electron chi connectivity index (χ0n) is 44.4. The van der Waals surface area contributed by atoms with Crippen LogP contribution in [0.3, 0.4) is 0 Å². The molecule has 13 nitrogen and oxygen atoms in total. The Morgan fingerprint density at radius 2 is 0.568 bits per heavy atom. The van der Waals surface area contributed by atoms with Gasteiger partial charge in [0, 0.05) is 40.6 Å². The van der Waals surface area contributed by atoms with Crippen molar-refractivity contribution in [3.63, 3.8) is 0 Å². The summed E-state index contributed by atoms with van der Waals surface area (Å²) in [7, 11) is -5.34. The maximum atomic E-state index is 16.4. The van der Waals surface area contributed by atoms with Gasteiger partial charge in [-0.1, -0.05) is 131 Å². The topological polar surface area (TPSA) is 128 Å². The van der Waals surface area contributed by atoms with Gasteiger partial charge in [-0.05, 0) is 130 Å². The molecule has 0 saturated carbocycles. The van der Waals surface area contributed by atoms with Gasteiger partial charge in [-0.25, -0.2) is 18.1 Å². The Balaban J connectivity index is 1.44. The molecule has 0 aliphatic rings. The fourth-order valence-corrected chi connectivity index (χ4v) is 9.07. The molecule has 6 aromatic rings. The van der Waals surface area contributed by atoms with Gasteiger partial charge in [0.15, 0.2) is 0 Å². The van der Waals surface area contributed by atoms with Gasteiger partial charge in [-0.15, -0.1) is 0 Å². The second-order valence-corrected chi connectivity index (χ2v) is 19.6. The van der Waals surface area contributed by atoms with E-state index >= 15 is 4.57 Å². The van der Waals surface area contributed by atoms with Crippen molar-refractivity contribution in [1.82, 2.24) is 0 Å². The Kier molecular flexibility index (Phi) is 21.8. The Morgan fingerprint density at radius 1 is 0.351 bits per heavy atom. The van der Waals surface area contributed by atoms with Crippen molar-refractivity contribution < 1.29 is 60.8 Å². The second-order valence-electron chi connectivity index (χ2n) is 18.2. The summed E-state index contributed by atoms with van der Waals surface area (Å²) in [6.07, 6.45) is 5.37. The smallest absolute Gasteiger partial charge is 0.430 e. The van der Waals surface area contributed by atoms with Crippen LogP contribution in [0.4, 0.5) is 0 Å². The van der Waals surface area contributed by atoms with Crippen LogP contribution in [0.1, 0.15) is 136 Å². The molecule has 0 fully saturated rings. The zero-order valence-corrected chi connectivity index (χ0v) is 45.3. The molecule has 6 unspecified atom stereocenters. The molecule has 398 valence electrons. The van der Waals surface area contributed by atoms with Crippen molar-refractivity contribution in [2.75, 3.05) is 19.8 Å². The normalized spacial score (nSPS) is 16.0. The number of hydrogen-bond donors (Lipinski definition) is 0. The summed E-state index contributed by atoms with van der Waals surface area (Å²) in [5, 5.41) is 0. The van der Waals surface area contributed by atoms with Crippen LogP contribution in [0.5, 0.6) is 34.5 Å². The summed E-state index contributed by atoms with van der Waals surface area (Å²) in [6.45, 7) is 18.6. The van der Waals surface area contributed by atoms with Crippen molar-refractivity contribution in [3.05, 3.63) is 180 Å². The first-order valence-electron chi connectivity index (χ1n) is 25.8. The first kappa shape index (κ1) is 57.4. The molecule has 74 heavy (non-hydrogen) atoms. The lowest BCUT2D eigenvalue weighted by Gasteiger charge is -2.39. The van der Waals surface area contributed by atoms with E-state index in [9.17, 15) is 0 Å². The minimum absolute atomic E-state index is 0.178. The van der Waals surface area contributed by atoms with Gasteiger partial charge in [0.05, 0.1) is 18.3 Å². The molecule has 0 N–H and O–H groups in total. The number of phosphoric ester groups is 1. The van der Waals surface area contributed by atoms with E-state index in [1.807, 2.05) is 75.4 Å². The number of rotatable bonds is 33. The average molecular weight is 1040 g/mol. The highest BCUT2D eigenvalue weighted by Crippen LogP contribution is 2.59. The van der Waals surface area contributed by atoms with Crippen molar-refractivity contribution >= 4 is 7.82 Å². The van der Waals surface area contributed by atoms with Gasteiger partial charge in [0.1, 0.15) is 34.5 Å². The minimum Gasteiger partial charge on any atom is -0.430 e. The molecule has 0 bridgehead atoms. The minimum atomic E-state index is -5.34. The Hall–Kier alpha value is -5.89. The molecule has 0 aliphatic heterocycles. The van der Waals surface area contributed by atoms with E-state index in [0.717, 1.165) is 55.2 Å². The van der Waals surface area contributed by atoms with Crippen LogP contribution in [-0.4, -0.2) is 37.7 Å². The summed E-state index contributed by atoms with van der Waals surface area (Å²) in [6, 6.07) is 48.1. The Bertz CT molecular complexity index is 2270. The lowest BCUT2D eigenvalue weighted by molar-refractivity contribution is -0.306. The van der Waals surface area contributed by atoms with Crippen LogP contribution >= 0.6 is 7.82 Å². The molecule has 0 heterocycles. The largest absolute Gasteiger partial charge is 0.492 e. The summed E-state index contributed by atoms with van der Waals surface area (Å²) in [5.41, 5.74) is 2.77. The molecule has 0 saturated heterocycles. The third-order valence-electron chi connectivity index (χ3n) is 11.5. The van der Waals surface area contributed by atoms with E-state index in [1.165, 1.54) is 20.8 Å². The quantitative estimate of drug-likeness (QED) is 0.0221. The molecular formula is C60H75O13P. The summed E-state index contributed by atoms with van der Waals surface area (Å²) in [5.74, 6) is -5.07. The average Bonchev–Trinajstić information content (AvgIpc) is 3.37. The molecule has 6 aromatic carbocycles. The van der Waals surface area contributed by atoms with Gasteiger partial charge in [0.2, 0.25) is 0 Å².